The summed E-state index contributed by atoms with van der Waals surface area (Å²) >= 11 is 0. The van der Waals surface area contributed by atoms with E-state index in [1.165, 1.54) is 0 Å². The molecule has 0 spiro atoms. The fourth-order valence-corrected chi connectivity index (χ4v) is 3.73. The van der Waals surface area contributed by atoms with Gasteiger partial charge in [0.2, 0.25) is 5.91 Å². The van der Waals surface area contributed by atoms with E-state index >= 15 is 0 Å². The van der Waals surface area contributed by atoms with Crippen LogP contribution in [0.1, 0.15) is 53.5 Å². The number of likely N-dealkylation sites (tertiary alicyclic amines) is 1. The van der Waals surface area contributed by atoms with Crippen LogP contribution in [0.5, 0.6) is 0 Å². The summed E-state index contributed by atoms with van der Waals surface area (Å²) in [5.74, 6) is 0.883. The Hall–Kier alpha value is -2.95. The monoisotopic (exact) mass is 361 g/mol. The van der Waals surface area contributed by atoms with Crippen LogP contribution in [0.4, 0.5) is 0 Å². The number of ketones is 1. The molecule has 5 heteroatoms. The van der Waals surface area contributed by atoms with Crippen LogP contribution < -0.4 is 0 Å². The lowest BCUT2D eigenvalue weighted by molar-refractivity contribution is -0.132. The molecule has 2 heterocycles. The summed E-state index contributed by atoms with van der Waals surface area (Å²) in [4.78, 5) is 35.0. The number of para-hydroxylation sites is 2. The van der Waals surface area contributed by atoms with Gasteiger partial charge in [0.25, 0.3) is 0 Å². The molecule has 3 aromatic rings. The number of hydrogen-bond acceptors (Lipinski definition) is 3. The molecule has 0 aliphatic carbocycles. The molecular formula is C22H23N3O2. The van der Waals surface area contributed by atoms with Gasteiger partial charge in [0.05, 0.1) is 17.1 Å². The molecule has 1 N–H and O–H groups in total. The molecule has 1 atom stereocenters. The molecule has 27 heavy (non-hydrogen) atoms. The molecule has 138 valence electrons. The van der Waals surface area contributed by atoms with E-state index in [-0.39, 0.29) is 30.6 Å². The van der Waals surface area contributed by atoms with E-state index in [1.807, 2.05) is 60.4 Å². The summed E-state index contributed by atoms with van der Waals surface area (Å²) in [6, 6.07) is 15.4. The quantitative estimate of drug-likeness (QED) is 0.693. The van der Waals surface area contributed by atoms with Gasteiger partial charge < -0.3 is 9.88 Å². The van der Waals surface area contributed by atoms with Crippen molar-refractivity contribution in [2.24, 2.45) is 0 Å². The van der Waals surface area contributed by atoms with Crippen molar-refractivity contribution in [1.29, 1.82) is 0 Å². The Labute approximate surface area is 158 Å². The van der Waals surface area contributed by atoms with Crippen LogP contribution in [0.25, 0.3) is 11.0 Å². The molecule has 4 rings (SSSR count). The van der Waals surface area contributed by atoms with Gasteiger partial charge in [0.1, 0.15) is 5.82 Å². The van der Waals surface area contributed by atoms with Gasteiger partial charge in [0, 0.05) is 24.9 Å². The number of benzene rings is 2. The van der Waals surface area contributed by atoms with Gasteiger partial charge in [-0.25, -0.2) is 4.98 Å². The lowest BCUT2D eigenvalue weighted by Crippen LogP contribution is -2.31. The number of hydrogen-bond donors (Lipinski definition) is 1. The summed E-state index contributed by atoms with van der Waals surface area (Å²) in [5, 5.41) is 0. The van der Waals surface area contributed by atoms with Crippen molar-refractivity contribution in [1.82, 2.24) is 14.9 Å². The van der Waals surface area contributed by atoms with Gasteiger partial charge in [0.15, 0.2) is 5.78 Å². The smallest absolute Gasteiger partial charge is 0.223 e. The molecule has 1 amide bonds. The van der Waals surface area contributed by atoms with Crippen molar-refractivity contribution in [3.8, 4) is 0 Å². The number of aromatic amines is 1. The maximum atomic E-state index is 12.8. The summed E-state index contributed by atoms with van der Waals surface area (Å²) in [5.41, 5.74) is 3.69. The van der Waals surface area contributed by atoms with Gasteiger partial charge in [-0.1, -0.05) is 42.0 Å². The SMILES string of the molecule is Cc1ccc(C(=O)CCC(=O)N2CCC[C@H]2c2nc3ccccc3[nH]2)cc1. The first-order chi connectivity index (χ1) is 13.1. The highest BCUT2D eigenvalue weighted by molar-refractivity contribution is 5.98. The molecule has 0 bridgehead atoms. The van der Waals surface area contributed by atoms with Gasteiger partial charge in [-0.15, -0.1) is 0 Å². The number of Topliss-reactive ketones (excluding diaryl/α,β-unsaturated/α-hetero) is 1. The highest BCUT2D eigenvalue weighted by Crippen LogP contribution is 2.32. The van der Waals surface area contributed by atoms with Crippen LogP contribution in [-0.2, 0) is 4.79 Å². The Morgan fingerprint density at radius 1 is 1.11 bits per heavy atom. The Bertz CT molecular complexity index is 942. The molecule has 1 aromatic heterocycles. The van der Waals surface area contributed by atoms with Crippen molar-refractivity contribution >= 4 is 22.7 Å². The number of nitrogens with one attached hydrogen (secondary N) is 1. The Kier molecular flexibility index (Phi) is 4.75. The second-order valence-electron chi connectivity index (χ2n) is 7.17. The number of H-pyrrole nitrogens is 1. The van der Waals surface area contributed by atoms with Gasteiger partial charge in [-0.3, -0.25) is 9.59 Å². The Morgan fingerprint density at radius 3 is 2.67 bits per heavy atom. The zero-order valence-electron chi connectivity index (χ0n) is 15.4. The topological polar surface area (TPSA) is 66.1 Å². The van der Waals surface area contributed by atoms with E-state index in [0.29, 0.717) is 5.56 Å². The number of rotatable bonds is 5. The number of fused-ring (bicyclic) bond motifs is 1. The molecule has 1 fully saturated rings. The van der Waals surface area contributed by atoms with Gasteiger partial charge in [-0.05, 0) is 31.9 Å². The highest BCUT2D eigenvalue weighted by atomic mass is 16.2. The minimum Gasteiger partial charge on any atom is -0.340 e. The zero-order valence-corrected chi connectivity index (χ0v) is 15.4. The predicted octanol–water partition coefficient (Wildman–Crippen LogP) is 4.20. The number of amides is 1. The molecule has 0 unspecified atom stereocenters. The van der Waals surface area contributed by atoms with Crippen LogP contribution >= 0.6 is 0 Å². The minimum atomic E-state index is -0.0284. The number of carbonyl (C=O) groups excluding carboxylic acids is 2. The fraction of sp³-hybridized carbons (Fsp3) is 0.318. The number of carbonyl (C=O) groups is 2. The number of aromatic nitrogens is 2. The minimum absolute atomic E-state index is 0.0165. The van der Waals surface area contributed by atoms with E-state index in [2.05, 4.69) is 9.97 Å². The van der Waals surface area contributed by atoms with Gasteiger partial charge >= 0.3 is 0 Å². The summed E-state index contributed by atoms with van der Waals surface area (Å²) < 4.78 is 0. The average molecular weight is 361 g/mol. The third-order valence-corrected chi connectivity index (χ3v) is 5.24. The molecule has 5 nitrogen and oxygen atoms in total. The number of aryl methyl sites for hydroxylation is 1. The van der Waals surface area contributed by atoms with Crippen LogP contribution in [0.3, 0.4) is 0 Å². The Morgan fingerprint density at radius 2 is 1.89 bits per heavy atom. The van der Waals surface area contributed by atoms with Crippen molar-refractivity contribution in [3.05, 3.63) is 65.5 Å². The molecule has 1 aliphatic rings. The maximum Gasteiger partial charge on any atom is 0.223 e. The van der Waals surface area contributed by atoms with Crippen LogP contribution in [0.2, 0.25) is 0 Å². The lowest BCUT2D eigenvalue weighted by atomic mass is 10.0. The van der Waals surface area contributed by atoms with Crippen LogP contribution in [-0.4, -0.2) is 33.1 Å². The standard InChI is InChI=1S/C22H23N3O2/c1-15-8-10-16(11-9-15)20(26)12-13-21(27)25-14-4-7-19(25)22-23-17-5-2-3-6-18(17)24-22/h2-3,5-6,8-11,19H,4,7,12-14H2,1H3,(H,23,24)/t19-/m0/s1. The predicted molar refractivity (Wildman–Crippen MR) is 105 cm³/mol. The van der Waals surface area contributed by atoms with Crippen molar-refractivity contribution < 1.29 is 9.59 Å². The zero-order chi connectivity index (χ0) is 18.8. The summed E-state index contributed by atoms with van der Waals surface area (Å²) in [7, 11) is 0. The normalized spacial score (nSPS) is 16.8. The van der Waals surface area contributed by atoms with E-state index < -0.39 is 0 Å². The largest absolute Gasteiger partial charge is 0.340 e. The Balaban J connectivity index is 1.43. The van der Waals surface area contributed by atoms with Crippen molar-refractivity contribution in [3.63, 3.8) is 0 Å². The van der Waals surface area contributed by atoms with E-state index in [1.54, 1.807) is 0 Å². The first kappa shape index (κ1) is 17.5. The van der Waals surface area contributed by atoms with Crippen LogP contribution in [0, 0.1) is 6.92 Å². The van der Waals surface area contributed by atoms with E-state index in [0.717, 1.165) is 41.8 Å². The average Bonchev–Trinajstić information content (AvgIpc) is 3.32. The second kappa shape index (κ2) is 7.35. The number of nitrogens with zero attached hydrogens (tertiary/aromatic N) is 2. The second-order valence-corrected chi connectivity index (χ2v) is 7.17. The molecule has 0 saturated carbocycles. The fourth-order valence-electron chi connectivity index (χ4n) is 3.73. The van der Waals surface area contributed by atoms with Crippen LogP contribution in [0.15, 0.2) is 48.5 Å². The third-order valence-electron chi connectivity index (χ3n) is 5.24. The highest BCUT2D eigenvalue weighted by Gasteiger charge is 2.32. The number of imidazole rings is 1. The molecular weight excluding hydrogens is 338 g/mol. The first-order valence-corrected chi connectivity index (χ1v) is 9.46. The first-order valence-electron chi connectivity index (χ1n) is 9.46. The van der Waals surface area contributed by atoms with Crippen molar-refractivity contribution in [2.45, 2.75) is 38.6 Å². The third kappa shape index (κ3) is 3.63. The molecule has 1 aliphatic heterocycles. The summed E-state index contributed by atoms with van der Waals surface area (Å²) in [6.07, 6.45) is 2.34. The molecule has 1 saturated heterocycles. The van der Waals surface area contributed by atoms with Gasteiger partial charge in [-0.2, -0.15) is 0 Å². The lowest BCUT2D eigenvalue weighted by Gasteiger charge is -2.23. The van der Waals surface area contributed by atoms with E-state index in [9.17, 15) is 9.59 Å². The molecule has 2 aromatic carbocycles. The summed E-state index contributed by atoms with van der Waals surface area (Å²) in [6.45, 7) is 2.71. The molecule has 0 radical (unpaired) electrons. The van der Waals surface area contributed by atoms with Crippen molar-refractivity contribution in [2.75, 3.05) is 6.54 Å². The van der Waals surface area contributed by atoms with E-state index in [4.69, 9.17) is 0 Å². The maximum absolute atomic E-state index is 12.8.